The fourth-order valence-corrected chi connectivity index (χ4v) is 3.90. The van der Waals surface area contributed by atoms with Gasteiger partial charge in [-0.15, -0.1) is 0 Å². The lowest BCUT2D eigenvalue weighted by Gasteiger charge is -2.28. The van der Waals surface area contributed by atoms with E-state index in [2.05, 4.69) is 0 Å². The molecular weight excluding hydrogens is 399 g/mol. The number of nitrogens with zero attached hydrogens (tertiary/aromatic N) is 2. The number of esters is 1. The van der Waals surface area contributed by atoms with Gasteiger partial charge in [-0.2, -0.15) is 0 Å². The molecule has 2 aromatic rings. The van der Waals surface area contributed by atoms with Crippen molar-refractivity contribution in [2.45, 2.75) is 67.1 Å². The Labute approximate surface area is 183 Å². The van der Waals surface area contributed by atoms with Gasteiger partial charge in [0.1, 0.15) is 11.5 Å². The van der Waals surface area contributed by atoms with Crippen LogP contribution in [0, 0.1) is 19.7 Å². The molecule has 168 valence electrons. The highest BCUT2D eigenvalue weighted by molar-refractivity contribution is 6.06. The zero-order valence-corrected chi connectivity index (χ0v) is 19.1. The average Bonchev–Trinajstić information content (AvgIpc) is 3.01. The monoisotopic (exact) mass is 430 g/mol. The summed E-state index contributed by atoms with van der Waals surface area (Å²) in [6.45, 7) is 11.5. The van der Waals surface area contributed by atoms with Crippen molar-refractivity contribution in [3.05, 3.63) is 58.2 Å². The maximum absolute atomic E-state index is 13.5. The molecular formula is C24H31FN2O4. The number of ketones is 1. The number of hydrogen-bond acceptors (Lipinski definition) is 4. The Balaban J connectivity index is 2.45. The number of amides is 1. The van der Waals surface area contributed by atoms with Crippen LogP contribution in [0.25, 0.3) is 0 Å². The van der Waals surface area contributed by atoms with Crippen molar-refractivity contribution in [2.75, 3.05) is 6.61 Å². The van der Waals surface area contributed by atoms with Crippen molar-refractivity contribution < 1.29 is 23.5 Å². The summed E-state index contributed by atoms with van der Waals surface area (Å²) in [7, 11) is 0. The number of rotatable bonds is 9. The molecule has 0 saturated heterocycles. The van der Waals surface area contributed by atoms with Crippen LogP contribution in [0.1, 0.15) is 71.8 Å². The van der Waals surface area contributed by atoms with Crippen molar-refractivity contribution in [2.24, 2.45) is 0 Å². The first kappa shape index (κ1) is 24.3. The Hall–Kier alpha value is -2.96. The normalized spacial score (nSPS) is 11.8. The summed E-state index contributed by atoms with van der Waals surface area (Å²) in [5, 5.41) is 0. The van der Waals surface area contributed by atoms with E-state index in [1.54, 1.807) is 51.3 Å². The van der Waals surface area contributed by atoms with Crippen LogP contribution in [0.15, 0.2) is 24.3 Å². The van der Waals surface area contributed by atoms with Gasteiger partial charge in [0.05, 0.1) is 12.6 Å². The van der Waals surface area contributed by atoms with Gasteiger partial charge in [-0.25, -0.2) is 9.18 Å². The Morgan fingerprint density at radius 3 is 2.23 bits per heavy atom. The second-order valence-corrected chi connectivity index (χ2v) is 7.44. The molecule has 0 aliphatic carbocycles. The third kappa shape index (κ3) is 5.03. The third-order valence-electron chi connectivity index (χ3n) is 5.53. The molecule has 0 aliphatic heterocycles. The number of carbonyl (C=O) groups is 3. The summed E-state index contributed by atoms with van der Waals surface area (Å²) in [4.78, 5) is 40.2. The molecule has 0 N–H and O–H groups in total. The molecule has 1 aromatic heterocycles. The molecule has 0 aliphatic rings. The zero-order valence-electron chi connectivity index (χ0n) is 19.1. The number of carbonyl (C=O) groups excluding carboxylic acids is 3. The predicted molar refractivity (Wildman–Crippen MR) is 117 cm³/mol. The van der Waals surface area contributed by atoms with Gasteiger partial charge in [0, 0.05) is 30.8 Å². The lowest BCUT2D eigenvalue weighted by atomic mass is 9.99. The van der Waals surface area contributed by atoms with Crippen LogP contribution in [0.2, 0.25) is 0 Å². The Morgan fingerprint density at radius 1 is 1.10 bits per heavy atom. The van der Waals surface area contributed by atoms with Crippen LogP contribution < -0.4 is 0 Å². The smallest absolute Gasteiger partial charge is 0.355 e. The fourth-order valence-electron chi connectivity index (χ4n) is 3.90. The number of Topliss-reactive ketones (excluding diaryl/α,β-unsaturated/α-hetero) is 1. The first-order valence-electron chi connectivity index (χ1n) is 10.6. The van der Waals surface area contributed by atoms with E-state index >= 15 is 0 Å². The van der Waals surface area contributed by atoms with Crippen LogP contribution in [-0.2, 0) is 22.6 Å². The highest BCUT2D eigenvalue weighted by atomic mass is 19.1. The molecule has 0 radical (unpaired) electrons. The summed E-state index contributed by atoms with van der Waals surface area (Å²) in [5.74, 6) is -1.25. The van der Waals surface area contributed by atoms with Crippen LogP contribution >= 0.6 is 0 Å². The fraction of sp³-hybridized carbons (Fsp3) is 0.458. The first-order chi connectivity index (χ1) is 14.7. The number of halogens is 1. The van der Waals surface area contributed by atoms with Crippen LogP contribution in [0.3, 0.4) is 0 Å². The first-order valence-corrected chi connectivity index (χ1v) is 10.6. The van der Waals surface area contributed by atoms with Crippen molar-refractivity contribution in [3.8, 4) is 0 Å². The van der Waals surface area contributed by atoms with Gasteiger partial charge in [0.15, 0.2) is 5.78 Å². The molecule has 0 bridgehead atoms. The molecule has 0 unspecified atom stereocenters. The van der Waals surface area contributed by atoms with Crippen LogP contribution in [-0.4, -0.2) is 39.8 Å². The minimum Gasteiger partial charge on any atom is -0.461 e. The molecule has 1 amide bonds. The molecule has 0 saturated carbocycles. The minimum absolute atomic E-state index is 0.180. The van der Waals surface area contributed by atoms with Crippen molar-refractivity contribution in [1.29, 1.82) is 0 Å². The summed E-state index contributed by atoms with van der Waals surface area (Å²) in [6.07, 6.45) is 0.237. The topological polar surface area (TPSA) is 68.6 Å². The number of hydrogen-bond donors (Lipinski definition) is 0. The van der Waals surface area contributed by atoms with E-state index in [4.69, 9.17) is 4.74 Å². The van der Waals surface area contributed by atoms with Gasteiger partial charge in [0.2, 0.25) is 5.91 Å². The molecule has 0 fully saturated rings. The van der Waals surface area contributed by atoms with Crippen molar-refractivity contribution in [1.82, 2.24) is 9.47 Å². The molecule has 7 heteroatoms. The van der Waals surface area contributed by atoms with Crippen molar-refractivity contribution in [3.63, 3.8) is 0 Å². The van der Waals surface area contributed by atoms with Crippen LogP contribution in [0.5, 0.6) is 0 Å². The quantitative estimate of drug-likeness (QED) is 0.435. The standard InChI is InChI=1S/C24H31FN2O4/c1-7-20(28)27(14-18-10-12-19(25)13-11-18)17(6)23(29)21-15(4)22(24(30)31-9-3)26(8-2)16(21)5/h10-13,17H,7-9,14H2,1-6H3/t17-/m1/s1. The summed E-state index contributed by atoms with van der Waals surface area (Å²) in [5.41, 5.74) is 2.76. The molecule has 31 heavy (non-hydrogen) atoms. The van der Waals surface area contributed by atoms with E-state index in [0.717, 1.165) is 5.56 Å². The Morgan fingerprint density at radius 2 is 1.71 bits per heavy atom. The van der Waals surface area contributed by atoms with Gasteiger partial charge >= 0.3 is 5.97 Å². The summed E-state index contributed by atoms with van der Waals surface area (Å²) in [6, 6.07) is 5.12. The number of ether oxygens (including phenoxy) is 1. The average molecular weight is 431 g/mol. The van der Waals surface area contributed by atoms with E-state index in [9.17, 15) is 18.8 Å². The molecule has 6 nitrogen and oxygen atoms in total. The van der Waals surface area contributed by atoms with Gasteiger partial charge in [-0.05, 0) is 57.9 Å². The van der Waals surface area contributed by atoms with E-state index < -0.39 is 12.0 Å². The summed E-state index contributed by atoms with van der Waals surface area (Å²) >= 11 is 0. The second kappa shape index (κ2) is 10.4. The molecule has 1 aromatic carbocycles. The Kier molecular flexibility index (Phi) is 8.14. The van der Waals surface area contributed by atoms with E-state index in [1.807, 2.05) is 6.92 Å². The molecule has 1 atom stereocenters. The maximum Gasteiger partial charge on any atom is 0.355 e. The lowest BCUT2D eigenvalue weighted by molar-refractivity contribution is -0.132. The van der Waals surface area contributed by atoms with Crippen LogP contribution in [0.4, 0.5) is 4.39 Å². The number of aromatic nitrogens is 1. The highest BCUT2D eigenvalue weighted by Gasteiger charge is 2.32. The highest BCUT2D eigenvalue weighted by Crippen LogP contribution is 2.26. The lowest BCUT2D eigenvalue weighted by Crippen LogP contribution is -2.42. The van der Waals surface area contributed by atoms with E-state index in [1.165, 1.54) is 17.0 Å². The minimum atomic E-state index is -0.752. The Bertz CT molecular complexity index is 963. The summed E-state index contributed by atoms with van der Waals surface area (Å²) < 4.78 is 20.2. The van der Waals surface area contributed by atoms with Gasteiger partial charge in [-0.3, -0.25) is 9.59 Å². The van der Waals surface area contributed by atoms with Gasteiger partial charge in [-0.1, -0.05) is 19.1 Å². The largest absolute Gasteiger partial charge is 0.461 e. The predicted octanol–water partition coefficient (Wildman–Crippen LogP) is 4.45. The van der Waals surface area contributed by atoms with Gasteiger partial charge in [0.25, 0.3) is 0 Å². The SMILES string of the molecule is CCOC(=O)c1c(C)c(C(=O)[C@@H](C)N(Cc2ccc(F)cc2)C(=O)CC)c(C)n1CC. The third-order valence-corrected chi connectivity index (χ3v) is 5.53. The van der Waals surface area contributed by atoms with E-state index in [-0.39, 0.29) is 37.1 Å². The van der Waals surface area contributed by atoms with Crippen molar-refractivity contribution >= 4 is 17.7 Å². The van der Waals surface area contributed by atoms with E-state index in [0.29, 0.717) is 29.1 Å². The zero-order chi connectivity index (χ0) is 23.3. The molecule has 2 rings (SSSR count). The molecule has 0 spiro atoms. The van der Waals surface area contributed by atoms with Gasteiger partial charge < -0.3 is 14.2 Å². The molecule has 1 heterocycles. The maximum atomic E-state index is 13.5. The second-order valence-electron chi connectivity index (χ2n) is 7.44. The number of benzene rings is 1.